The number of halogens is 3. The van der Waals surface area contributed by atoms with Crippen molar-refractivity contribution in [1.82, 2.24) is 0 Å². The number of ether oxygens (including phenoxy) is 1. The fourth-order valence-electron chi connectivity index (χ4n) is 4.03. The van der Waals surface area contributed by atoms with E-state index in [0.717, 1.165) is 0 Å². The minimum Gasteiger partial charge on any atom is -0.464 e. The summed E-state index contributed by atoms with van der Waals surface area (Å²) in [4.78, 5) is 12.6. The number of alkyl halides is 3. The summed E-state index contributed by atoms with van der Waals surface area (Å²) in [6, 6.07) is 5.24. The molecule has 32 heavy (non-hydrogen) atoms. The molecule has 2 heterocycles. The standard InChI is InChI=1S/C21H20F3NO7/c22-21(23,24)16-11-4-3-10(25-17-19(29)18(28)14(8-26)32-20(17)30)6-9(11)7-12(27)15(16)13-2-1-5-31-13/h1-6,14,17-20,25-26,28-30H,7-8H2/t14?,17?,18-,19-,20-/m0/s1. The maximum absolute atomic E-state index is 13.9. The molecule has 1 aromatic carbocycles. The number of Topliss-reactive ketones (excluding diaryl/α,β-unsaturated/α-hetero) is 1. The van der Waals surface area contributed by atoms with E-state index in [4.69, 9.17) is 14.3 Å². The number of aliphatic hydroxyl groups is 4. The van der Waals surface area contributed by atoms with Crippen LogP contribution < -0.4 is 5.32 Å². The van der Waals surface area contributed by atoms with Crippen LogP contribution in [0.5, 0.6) is 0 Å². The second-order valence-corrected chi connectivity index (χ2v) is 7.60. The van der Waals surface area contributed by atoms with E-state index < -0.39 is 60.4 Å². The van der Waals surface area contributed by atoms with Gasteiger partial charge in [-0.2, -0.15) is 13.2 Å². The van der Waals surface area contributed by atoms with Crippen molar-refractivity contribution in [1.29, 1.82) is 0 Å². The lowest BCUT2D eigenvalue weighted by atomic mass is 9.83. The van der Waals surface area contributed by atoms with E-state index >= 15 is 0 Å². The Kier molecular flexibility index (Phi) is 5.86. The van der Waals surface area contributed by atoms with Crippen LogP contribution >= 0.6 is 0 Å². The molecule has 0 radical (unpaired) electrons. The zero-order valence-corrected chi connectivity index (χ0v) is 16.4. The number of fused-ring (bicyclic) bond motifs is 1. The van der Waals surface area contributed by atoms with E-state index in [9.17, 15) is 33.3 Å². The molecule has 11 heteroatoms. The Balaban J connectivity index is 1.69. The molecule has 5 atom stereocenters. The molecule has 2 unspecified atom stereocenters. The molecule has 8 nitrogen and oxygen atoms in total. The molecule has 2 aliphatic rings. The van der Waals surface area contributed by atoms with Crippen LogP contribution in [0.2, 0.25) is 0 Å². The summed E-state index contributed by atoms with van der Waals surface area (Å²) >= 11 is 0. The lowest BCUT2D eigenvalue weighted by Crippen LogP contribution is -2.61. The molecule has 172 valence electrons. The molecular formula is C21H20F3NO7. The topological polar surface area (TPSA) is 132 Å². The summed E-state index contributed by atoms with van der Waals surface area (Å²) in [6.45, 7) is -0.631. The van der Waals surface area contributed by atoms with Crippen molar-refractivity contribution in [2.24, 2.45) is 0 Å². The highest BCUT2D eigenvalue weighted by Gasteiger charge is 2.45. The molecule has 2 aromatic rings. The van der Waals surface area contributed by atoms with E-state index in [0.29, 0.717) is 0 Å². The van der Waals surface area contributed by atoms with Crippen LogP contribution in [0.1, 0.15) is 16.9 Å². The highest BCUT2D eigenvalue weighted by atomic mass is 19.4. The number of hydrogen-bond acceptors (Lipinski definition) is 8. The quantitative estimate of drug-likeness (QED) is 0.463. The van der Waals surface area contributed by atoms with Crippen LogP contribution in [0.4, 0.5) is 18.9 Å². The molecule has 1 fully saturated rings. The monoisotopic (exact) mass is 455 g/mol. The predicted octanol–water partition coefficient (Wildman–Crippen LogP) is 1.09. The number of ketones is 1. The van der Waals surface area contributed by atoms with Gasteiger partial charge in [0.2, 0.25) is 0 Å². The zero-order valence-electron chi connectivity index (χ0n) is 16.4. The van der Waals surface area contributed by atoms with Gasteiger partial charge in [0.05, 0.1) is 24.0 Å². The number of aliphatic hydroxyl groups excluding tert-OH is 4. The normalized spacial score (nSPS) is 28.6. The summed E-state index contributed by atoms with van der Waals surface area (Å²) < 4.78 is 51.9. The number of anilines is 1. The Morgan fingerprint density at radius 3 is 2.50 bits per heavy atom. The van der Waals surface area contributed by atoms with Gasteiger partial charge < -0.3 is 34.9 Å². The maximum atomic E-state index is 13.9. The number of benzene rings is 1. The smallest absolute Gasteiger partial charge is 0.417 e. The SMILES string of the molecule is O=C1Cc2cc(NC3[C@@H](O)OC(CO)[C@H](O)[C@H]3O)ccc2C(C(F)(F)F)=C1c1ccco1. The first-order chi connectivity index (χ1) is 15.1. The number of furan rings is 1. The Bertz CT molecular complexity index is 1030. The lowest BCUT2D eigenvalue weighted by Gasteiger charge is -2.40. The highest BCUT2D eigenvalue weighted by molar-refractivity contribution is 6.30. The highest BCUT2D eigenvalue weighted by Crippen LogP contribution is 2.45. The van der Waals surface area contributed by atoms with Crippen molar-refractivity contribution in [3.05, 3.63) is 53.5 Å². The Hall–Kier alpha value is -2.70. The zero-order chi connectivity index (χ0) is 23.2. The average molecular weight is 455 g/mol. The van der Waals surface area contributed by atoms with Gasteiger partial charge >= 0.3 is 6.18 Å². The van der Waals surface area contributed by atoms with Crippen LogP contribution in [0.3, 0.4) is 0 Å². The molecule has 0 spiro atoms. The third-order valence-electron chi connectivity index (χ3n) is 5.54. The van der Waals surface area contributed by atoms with Crippen molar-refractivity contribution >= 4 is 22.6 Å². The van der Waals surface area contributed by atoms with Crippen molar-refractivity contribution < 1.29 is 47.5 Å². The van der Waals surface area contributed by atoms with Gasteiger partial charge in [-0.15, -0.1) is 0 Å². The molecular weight excluding hydrogens is 435 g/mol. The number of carbonyl (C=O) groups excluding carboxylic acids is 1. The Morgan fingerprint density at radius 1 is 1.12 bits per heavy atom. The summed E-state index contributed by atoms with van der Waals surface area (Å²) in [7, 11) is 0. The van der Waals surface area contributed by atoms with Gasteiger partial charge in [-0.1, -0.05) is 6.07 Å². The summed E-state index contributed by atoms with van der Waals surface area (Å²) in [5, 5.41) is 42.2. The van der Waals surface area contributed by atoms with E-state index in [1.165, 1.54) is 36.6 Å². The van der Waals surface area contributed by atoms with Gasteiger partial charge in [0, 0.05) is 12.1 Å². The van der Waals surface area contributed by atoms with Crippen LogP contribution in [0, 0.1) is 0 Å². The average Bonchev–Trinajstić information content (AvgIpc) is 3.26. The summed E-state index contributed by atoms with van der Waals surface area (Å²) in [5.74, 6) is -0.938. The van der Waals surface area contributed by atoms with Crippen molar-refractivity contribution in [3.8, 4) is 0 Å². The van der Waals surface area contributed by atoms with E-state index in [1.807, 2.05) is 0 Å². The third-order valence-corrected chi connectivity index (χ3v) is 5.54. The van der Waals surface area contributed by atoms with Crippen LogP contribution in [0.25, 0.3) is 11.1 Å². The first-order valence-electron chi connectivity index (χ1n) is 9.70. The molecule has 1 aliphatic heterocycles. The predicted molar refractivity (Wildman–Crippen MR) is 104 cm³/mol. The molecule has 4 rings (SSSR count). The number of allylic oxidation sites excluding steroid dienone is 2. The van der Waals surface area contributed by atoms with Gasteiger partial charge in [0.15, 0.2) is 12.1 Å². The molecule has 0 amide bonds. The number of hydrogen-bond donors (Lipinski definition) is 5. The Morgan fingerprint density at radius 2 is 1.88 bits per heavy atom. The Labute approximate surface area is 179 Å². The van der Waals surface area contributed by atoms with Gasteiger partial charge in [-0.25, -0.2) is 0 Å². The molecule has 5 N–H and O–H groups in total. The van der Waals surface area contributed by atoms with Gasteiger partial charge in [-0.3, -0.25) is 4.79 Å². The minimum absolute atomic E-state index is 0.0946. The van der Waals surface area contributed by atoms with Crippen molar-refractivity contribution in [2.45, 2.75) is 43.2 Å². The number of carbonyl (C=O) groups is 1. The van der Waals surface area contributed by atoms with Crippen LogP contribution in [0.15, 0.2) is 41.0 Å². The fourth-order valence-corrected chi connectivity index (χ4v) is 4.03. The summed E-state index contributed by atoms with van der Waals surface area (Å²) in [5.41, 5.74) is -1.54. The first kappa shape index (κ1) is 22.5. The third kappa shape index (κ3) is 3.93. The van der Waals surface area contributed by atoms with Gasteiger partial charge in [0.1, 0.15) is 30.1 Å². The number of nitrogens with one attached hydrogen (secondary N) is 1. The molecule has 1 saturated heterocycles. The number of rotatable bonds is 4. The lowest BCUT2D eigenvalue weighted by molar-refractivity contribution is -0.245. The van der Waals surface area contributed by atoms with E-state index in [2.05, 4.69) is 5.32 Å². The van der Waals surface area contributed by atoms with Crippen LogP contribution in [-0.2, 0) is 16.0 Å². The fraction of sp³-hybridized carbons (Fsp3) is 0.381. The summed E-state index contributed by atoms with van der Waals surface area (Å²) in [6.07, 6.45) is -9.81. The molecule has 0 saturated carbocycles. The second kappa shape index (κ2) is 8.34. The maximum Gasteiger partial charge on any atom is 0.417 e. The van der Waals surface area contributed by atoms with Gasteiger partial charge in [0.25, 0.3) is 0 Å². The molecule has 1 aromatic heterocycles. The molecule has 0 bridgehead atoms. The van der Waals surface area contributed by atoms with Crippen LogP contribution in [-0.4, -0.2) is 69.6 Å². The molecule has 1 aliphatic carbocycles. The van der Waals surface area contributed by atoms with Crippen molar-refractivity contribution in [2.75, 3.05) is 11.9 Å². The van der Waals surface area contributed by atoms with E-state index in [1.54, 1.807) is 0 Å². The minimum atomic E-state index is -4.82. The first-order valence-corrected chi connectivity index (χ1v) is 9.70. The van der Waals surface area contributed by atoms with Gasteiger partial charge in [-0.05, 0) is 35.4 Å². The second-order valence-electron chi connectivity index (χ2n) is 7.60. The van der Waals surface area contributed by atoms with Crippen molar-refractivity contribution in [3.63, 3.8) is 0 Å². The largest absolute Gasteiger partial charge is 0.464 e. The van der Waals surface area contributed by atoms with E-state index in [-0.39, 0.29) is 29.0 Å².